The van der Waals surface area contributed by atoms with Crippen molar-refractivity contribution in [2.75, 3.05) is 0 Å². The first-order valence-corrected chi connectivity index (χ1v) is 11.6. The van der Waals surface area contributed by atoms with Gasteiger partial charge in [-0.1, -0.05) is 0 Å². The zero-order valence-corrected chi connectivity index (χ0v) is 17.2. The van der Waals surface area contributed by atoms with Crippen LogP contribution in [0.4, 0.5) is 9.18 Å². The topological polar surface area (TPSA) is 74.7 Å². The molecule has 0 aromatic carbocycles. The largest absolute Gasteiger partial charge is 0.474 e. The predicted molar refractivity (Wildman–Crippen MR) is 107 cm³/mol. The Hall–Kier alpha value is -1.89. The van der Waals surface area contributed by atoms with Crippen molar-refractivity contribution >= 4 is 6.03 Å². The molecule has 2 amide bonds. The van der Waals surface area contributed by atoms with Crippen LogP contribution in [0, 0.1) is 23.6 Å². The van der Waals surface area contributed by atoms with Gasteiger partial charge >= 0.3 is 6.03 Å². The SMILES string of the molecule is O=C(NC1C2CC3CC1CC(O)(C3)C2)N1[C@@H]2CC[C@H]1C[C@@H](Oc1ccc(F)cn1)C2. The van der Waals surface area contributed by atoms with Crippen molar-refractivity contribution in [2.24, 2.45) is 17.8 Å². The number of halogens is 1. The second-order valence-corrected chi connectivity index (χ2v) is 10.5. The van der Waals surface area contributed by atoms with E-state index in [9.17, 15) is 14.3 Å². The van der Waals surface area contributed by atoms with Gasteiger partial charge in [0, 0.05) is 37.0 Å². The highest BCUT2D eigenvalue weighted by Gasteiger charge is 2.55. The zero-order chi connectivity index (χ0) is 20.5. The summed E-state index contributed by atoms with van der Waals surface area (Å²) >= 11 is 0. The van der Waals surface area contributed by atoms with E-state index < -0.39 is 5.60 Å². The number of amides is 2. The molecule has 7 heteroatoms. The Labute approximate surface area is 176 Å². The average Bonchev–Trinajstić information content (AvgIpc) is 2.96. The molecule has 4 aliphatic carbocycles. The van der Waals surface area contributed by atoms with Gasteiger partial charge < -0.3 is 20.1 Å². The third-order valence-electron chi connectivity index (χ3n) is 8.44. The number of nitrogens with zero attached hydrogens (tertiary/aromatic N) is 2. The van der Waals surface area contributed by atoms with E-state index in [4.69, 9.17) is 4.74 Å². The number of pyridine rings is 1. The molecule has 0 spiro atoms. The lowest BCUT2D eigenvalue weighted by molar-refractivity contribution is -0.137. The number of fused-ring (bicyclic) bond motifs is 2. The van der Waals surface area contributed by atoms with Gasteiger partial charge in [0.25, 0.3) is 0 Å². The summed E-state index contributed by atoms with van der Waals surface area (Å²) in [7, 11) is 0. The number of rotatable bonds is 3. The predicted octanol–water partition coefficient (Wildman–Crippen LogP) is 3.24. The van der Waals surface area contributed by atoms with E-state index in [-0.39, 0.29) is 36.1 Å². The van der Waals surface area contributed by atoms with Crippen LogP contribution in [-0.2, 0) is 0 Å². The molecule has 2 saturated heterocycles. The first-order valence-electron chi connectivity index (χ1n) is 11.6. The van der Waals surface area contributed by atoms with Gasteiger partial charge in [0.1, 0.15) is 11.9 Å². The minimum atomic E-state index is -0.471. The van der Waals surface area contributed by atoms with Crippen molar-refractivity contribution < 1.29 is 19.0 Å². The number of carbonyl (C=O) groups excluding carboxylic acids is 1. The maximum absolute atomic E-state index is 13.3. The number of aromatic nitrogens is 1. The average molecular weight is 416 g/mol. The molecule has 3 heterocycles. The number of piperidine rings is 1. The molecule has 30 heavy (non-hydrogen) atoms. The van der Waals surface area contributed by atoms with E-state index in [0.717, 1.165) is 57.8 Å². The van der Waals surface area contributed by atoms with Gasteiger partial charge in [0.2, 0.25) is 5.88 Å². The van der Waals surface area contributed by atoms with Gasteiger partial charge in [-0.05, 0) is 68.8 Å². The Bertz CT molecular complexity index is 803. The lowest BCUT2D eigenvalue weighted by atomic mass is 9.52. The van der Waals surface area contributed by atoms with Gasteiger partial charge in [0.05, 0.1) is 11.8 Å². The van der Waals surface area contributed by atoms with Gasteiger partial charge in [0.15, 0.2) is 0 Å². The molecule has 162 valence electrons. The first-order chi connectivity index (χ1) is 14.5. The van der Waals surface area contributed by atoms with E-state index in [1.807, 2.05) is 0 Å². The minimum Gasteiger partial charge on any atom is -0.474 e. The van der Waals surface area contributed by atoms with E-state index in [2.05, 4.69) is 15.2 Å². The lowest BCUT2D eigenvalue weighted by Gasteiger charge is -2.58. The Morgan fingerprint density at radius 1 is 1.13 bits per heavy atom. The van der Waals surface area contributed by atoms with E-state index in [1.165, 1.54) is 12.3 Å². The number of carbonyl (C=O) groups is 1. The van der Waals surface area contributed by atoms with Crippen LogP contribution in [0.2, 0.25) is 0 Å². The Balaban J connectivity index is 1.10. The smallest absolute Gasteiger partial charge is 0.318 e. The summed E-state index contributed by atoms with van der Waals surface area (Å²) < 4.78 is 19.1. The van der Waals surface area contributed by atoms with Crippen LogP contribution in [0.15, 0.2) is 18.3 Å². The number of urea groups is 1. The summed E-state index contributed by atoms with van der Waals surface area (Å²) in [6, 6.07) is 3.60. The fourth-order valence-electron chi connectivity index (χ4n) is 7.59. The molecule has 7 rings (SSSR count). The second kappa shape index (κ2) is 6.81. The van der Waals surface area contributed by atoms with Crippen molar-refractivity contribution in [1.82, 2.24) is 15.2 Å². The number of hydrogen-bond donors (Lipinski definition) is 2. The van der Waals surface area contributed by atoms with Crippen LogP contribution in [0.1, 0.15) is 57.8 Å². The Morgan fingerprint density at radius 3 is 2.43 bits per heavy atom. The van der Waals surface area contributed by atoms with E-state index in [1.54, 1.807) is 6.07 Å². The third kappa shape index (κ3) is 3.17. The van der Waals surface area contributed by atoms with Gasteiger partial charge in [-0.2, -0.15) is 0 Å². The van der Waals surface area contributed by atoms with Crippen LogP contribution in [0.3, 0.4) is 0 Å². The van der Waals surface area contributed by atoms with Crippen LogP contribution in [0.25, 0.3) is 0 Å². The normalized spacial score (nSPS) is 43.7. The van der Waals surface area contributed by atoms with Gasteiger partial charge in [-0.3, -0.25) is 0 Å². The maximum Gasteiger partial charge on any atom is 0.318 e. The Morgan fingerprint density at radius 2 is 1.83 bits per heavy atom. The highest BCUT2D eigenvalue weighted by atomic mass is 19.1. The zero-order valence-electron chi connectivity index (χ0n) is 17.2. The van der Waals surface area contributed by atoms with Crippen molar-refractivity contribution in [3.63, 3.8) is 0 Å². The van der Waals surface area contributed by atoms with Crippen molar-refractivity contribution in [3.8, 4) is 5.88 Å². The lowest BCUT2D eigenvalue weighted by Crippen LogP contribution is -2.64. The molecule has 4 saturated carbocycles. The molecule has 6 fully saturated rings. The maximum atomic E-state index is 13.3. The van der Waals surface area contributed by atoms with Gasteiger partial charge in [-0.25, -0.2) is 14.2 Å². The van der Waals surface area contributed by atoms with Gasteiger partial charge in [-0.15, -0.1) is 0 Å². The number of nitrogens with one attached hydrogen (secondary N) is 1. The van der Waals surface area contributed by atoms with Crippen molar-refractivity contribution in [3.05, 3.63) is 24.1 Å². The third-order valence-corrected chi connectivity index (χ3v) is 8.44. The summed E-state index contributed by atoms with van der Waals surface area (Å²) in [5, 5.41) is 14.2. The molecule has 5 atom stereocenters. The number of ether oxygens (including phenoxy) is 1. The van der Waals surface area contributed by atoms with Crippen molar-refractivity contribution in [2.45, 2.75) is 87.6 Å². The fourth-order valence-corrected chi connectivity index (χ4v) is 7.59. The summed E-state index contributed by atoms with van der Waals surface area (Å²) in [5.74, 6) is 1.57. The number of aliphatic hydroxyl groups is 1. The van der Waals surface area contributed by atoms with E-state index in [0.29, 0.717) is 23.6 Å². The summed E-state index contributed by atoms with van der Waals surface area (Å²) in [6.07, 6.45) is 9.74. The molecule has 1 aromatic rings. The first kappa shape index (κ1) is 18.8. The summed E-state index contributed by atoms with van der Waals surface area (Å²) in [4.78, 5) is 19.4. The Kier molecular flexibility index (Phi) is 4.28. The second-order valence-electron chi connectivity index (χ2n) is 10.5. The highest BCUT2D eigenvalue weighted by Crippen LogP contribution is 2.55. The standard InChI is InChI=1S/C23H30FN3O3/c24-16-1-4-20(25-12-16)30-19-7-17-2-3-18(8-19)27(17)22(28)26-21-14-5-13-6-15(21)11-23(29,9-13)10-14/h1,4,12-15,17-19,21,29H,2-3,5-11H2,(H,26,28)/t13?,14?,15?,17-,18+,19+,21?,23?. The monoisotopic (exact) mass is 415 g/mol. The van der Waals surface area contributed by atoms with Crippen molar-refractivity contribution in [1.29, 1.82) is 0 Å². The highest BCUT2D eigenvalue weighted by molar-refractivity contribution is 5.76. The van der Waals surface area contributed by atoms with Crippen LogP contribution >= 0.6 is 0 Å². The fraction of sp³-hybridized carbons (Fsp3) is 0.739. The molecule has 6 bridgehead atoms. The molecule has 2 aliphatic heterocycles. The molecule has 0 radical (unpaired) electrons. The molecule has 6 aliphatic rings. The molecular formula is C23H30FN3O3. The quantitative estimate of drug-likeness (QED) is 0.795. The van der Waals surface area contributed by atoms with Crippen LogP contribution in [-0.4, -0.2) is 50.9 Å². The molecule has 1 aromatic heterocycles. The summed E-state index contributed by atoms with van der Waals surface area (Å²) in [5.41, 5.74) is -0.471. The van der Waals surface area contributed by atoms with E-state index >= 15 is 0 Å². The molecule has 2 unspecified atom stereocenters. The van der Waals surface area contributed by atoms with Crippen LogP contribution < -0.4 is 10.1 Å². The number of hydrogen-bond acceptors (Lipinski definition) is 4. The molecular weight excluding hydrogens is 385 g/mol. The molecule has 6 nitrogen and oxygen atoms in total. The molecule has 2 N–H and O–H groups in total. The summed E-state index contributed by atoms with van der Waals surface area (Å²) in [6.45, 7) is 0. The van der Waals surface area contributed by atoms with Crippen LogP contribution in [0.5, 0.6) is 5.88 Å². The minimum absolute atomic E-state index is 0.0138.